The molecule has 2 heterocycles. The minimum atomic E-state index is 0.487. The molecule has 0 unspecified atom stereocenters. The van der Waals surface area contributed by atoms with Crippen LogP contribution in [-0.2, 0) is 0 Å². The highest BCUT2D eigenvalue weighted by Crippen LogP contribution is 2.41. The highest BCUT2D eigenvalue weighted by Gasteiger charge is 2.29. The molecule has 3 rings (SSSR count). The summed E-state index contributed by atoms with van der Waals surface area (Å²) in [5, 5.41) is 1.01. The Hall–Kier alpha value is -0.850. The molecule has 1 aliphatic carbocycles. The summed E-state index contributed by atoms with van der Waals surface area (Å²) in [7, 11) is 0. The zero-order valence-electron chi connectivity index (χ0n) is 11.4. The van der Waals surface area contributed by atoms with E-state index in [1.54, 1.807) is 6.33 Å². The number of nitrogens with zero attached hydrogens (tertiary/aromatic N) is 3. The lowest BCUT2D eigenvalue weighted by molar-refractivity contribution is 0.196. The van der Waals surface area contributed by atoms with Gasteiger partial charge in [-0.15, -0.1) is 0 Å². The number of hydrogen-bond acceptors (Lipinski definition) is 3. The maximum atomic E-state index is 5.97. The molecule has 0 aliphatic heterocycles. The van der Waals surface area contributed by atoms with Gasteiger partial charge in [0, 0.05) is 15.8 Å². The predicted molar refractivity (Wildman–Crippen MR) is 85.9 cm³/mol. The maximum Gasteiger partial charge on any atom is 0.146 e. The van der Waals surface area contributed by atoms with E-state index in [4.69, 9.17) is 5.73 Å². The van der Waals surface area contributed by atoms with E-state index in [9.17, 15) is 0 Å². The molecule has 0 atom stereocenters. The van der Waals surface area contributed by atoms with Gasteiger partial charge in [0.1, 0.15) is 17.8 Å². The van der Waals surface area contributed by atoms with Crippen LogP contribution in [0.15, 0.2) is 12.5 Å². The van der Waals surface area contributed by atoms with Gasteiger partial charge in [0.2, 0.25) is 0 Å². The fraction of sp³-hybridized carbons (Fsp3) is 0.571. The van der Waals surface area contributed by atoms with Gasteiger partial charge in [-0.05, 0) is 53.7 Å². The third kappa shape index (κ3) is 2.32. The Kier molecular flexibility index (Phi) is 3.19. The predicted octanol–water partition coefficient (Wildman–Crippen LogP) is 3.76. The van der Waals surface area contributed by atoms with Crippen molar-refractivity contribution in [1.82, 2.24) is 14.5 Å². The van der Waals surface area contributed by atoms with Crippen molar-refractivity contribution in [3.8, 4) is 0 Å². The molecule has 0 radical (unpaired) electrons. The smallest absolute Gasteiger partial charge is 0.146 e. The third-order valence-electron chi connectivity index (χ3n) is 4.29. The van der Waals surface area contributed by atoms with E-state index in [2.05, 4.69) is 57.2 Å². The van der Waals surface area contributed by atoms with Crippen LogP contribution in [0.3, 0.4) is 0 Å². The number of anilines is 1. The van der Waals surface area contributed by atoms with E-state index in [0.29, 0.717) is 17.3 Å². The zero-order valence-corrected chi connectivity index (χ0v) is 13.5. The van der Waals surface area contributed by atoms with Gasteiger partial charge in [-0.25, -0.2) is 9.97 Å². The van der Waals surface area contributed by atoms with Crippen molar-refractivity contribution in [2.45, 2.75) is 45.6 Å². The van der Waals surface area contributed by atoms with Crippen LogP contribution in [0.4, 0.5) is 5.82 Å². The van der Waals surface area contributed by atoms with Crippen LogP contribution in [0, 0.1) is 8.99 Å². The van der Waals surface area contributed by atoms with E-state index < -0.39 is 0 Å². The Morgan fingerprint density at radius 3 is 2.68 bits per heavy atom. The molecule has 2 N–H and O–H groups in total. The number of rotatable bonds is 1. The standard InChI is InChI=1S/C14H19IN4/c1-14(2)5-3-9(4-6-14)19-7-10(15)11-12(16)17-8-18-13(11)19/h7-9H,3-6H2,1-2H3,(H2,16,17,18). The molecule has 0 saturated heterocycles. The summed E-state index contributed by atoms with van der Waals surface area (Å²) in [5.74, 6) is 0.587. The molecule has 1 aliphatic rings. The summed E-state index contributed by atoms with van der Waals surface area (Å²) >= 11 is 2.33. The first-order chi connectivity index (χ1) is 8.98. The molecule has 102 valence electrons. The van der Waals surface area contributed by atoms with Crippen LogP contribution in [0.5, 0.6) is 0 Å². The van der Waals surface area contributed by atoms with E-state index >= 15 is 0 Å². The fourth-order valence-corrected chi connectivity index (χ4v) is 3.82. The molecular formula is C14H19IN4. The average Bonchev–Trinajstić information content (AvgIpc) is 2.68. The molecule has 0 bridgehead atoms. The Bertz CT molecular complexity index is 607. The lowest BCUT2D eigenvalue weighted by atomic mass is 9.75. The number of halogens is 1. The lowest BCUT2D eigenvalue weighted by Crippen LogP contribution is -2.23. The molecular weight excluding hydrogens is 351 g/mol. The molecule has 1 saturated carbocycles. The molecule has 0 aromatic carbocycles. The van der Waals surface area contributed by atoms with Gasteiger partial charge in [-0.2, -0.15) is 0 Å². The van der Waals surface area contributed by atoms with Gasteiger partial charge < -0.3 is 10.3 Å². The summed E-state index contributed by atoms with van der Waals surface area (Å²) in [5.41, 5.74) is 7.45. The van der Waals surface area contributed by atoms with E-state index in [1.807, 2.05) is 0 Å². The Labute approximate surface area is 126 Å². The first kappa shape index (κ1) is 13.1. The fourth-order valence-electron chi connectivity index (χ4n) is 3.00. The van der Waals surface area contributed by atoms with Crippen LogP contribution in [0.1, 0.15) is 45.6 Å². The van der Waals surface area contributed by atoms with Crippen LogP contribution in [0.25, 0.3) is 11.0 Å². The van der Waals surface area contributed by atoms with Crippen LogP contribution in [0.2, 0.25) is 0 Å². The molecule has 1 fully saturated rings. The van der Waals surface area contributed by atoms with E-state index in [1.165, 1.54) is 25.7 Å². The van der Waals surface area contributed by atoms with Gasteiger partial charge in [-0.3, -0.25) is 0 Å². The van der Waals surface area contributed by atoms with Crippen molar-refractivity contribution < 1.29 is 0 Å². The highest BCUT2D eigenvalue weighted by atomic mass is 127. The Morgan fingerprint density at radius 1 is 1.32 bits per heavy atom. The Balaban J connectivity index is 2.00. The number of nitrogen functional groups attached to an aromatic ring is 1. The summed E-state index contributed by atoms with van der Waals surface area (Å²) in [6.45, 7) is 4.72. The minimum Gasteiger partial charge on any atom is -0.383 e. The molecule has 2 aromatic heterocycles. The quantitative estimate of drug-likeness (QED) is 0.778. The van der Waals surface area contributed by atoms with Gasteiger partial charge in [0.05, 0.1) is 5.39 Å². The first-order valence-electron chi connectivity index (χ1n) is 6.74. The van der Waals surface area contributed by atoms with Crippen LogP contribution >= 0.6 is 22.6 Å². The summed E-state index contributed by atoms with van der Waals surface area (Å²) in [6.07, 6.45) is 8.73. The Morgan fingerprint density at radius 2 is 2.00 bits per heavy atom. The molecule has 4 nitrogen and oxygen atoms in total. The molecule has 0 spiro atoms. The maximum absolute atomic E-state index is 5.97. The van der Waals surface area contributed by atoms with Crippen molar-refractivity contribution in [1.29, 1.82) is 0 Å². The van der Waals surface area contributed by atoms with Crippen LogP contribution in [-0.4, -0.2) is 14.5 Å². The molecule has 2 aromatic rings. The lowest BCUT2D eigenvalue weighted by Gasteiger charge is -2.35. The summed E-state index contributed by atoms with van der Waals surface area (Å²) < 4.78 is 3.46. The number of hydrogen-bond donors (Lipinski definition) is 1. The molecule has 5 heteroatoms. The first-order valence-corrected chi connectivity index (χ1v) is 7.82. The van der Waals surface area contributed by atoms with Gasteiger partial charge in [0.25, 0.3) is 0 Å². The summed E-state index contributed by atoms with van der Waals surface area (Å²) in [4.78, 5) is 8.54. The average molecular weight is 370 g/mol. The second kappa shape index (κ2) is 4.61. The largest absolute Gasteiger partial charge is 0.383 e. The topological polar surface area (TPSA) is 56.7 Å². The van der Waals surface area contributed by atoms with Crippen molar-refractivity contribution in [3.05, 3.63) is 16.1 Å². The number of fused-ring (bicyclic) bond motifs is 1. The van der Waals surface area contributed by atoms with Gasteiger partial charge >= 0.3 is 0 Å². The summed E-state index contributed by atoms with van der Waals surface area (Å²) in [6, 6.07) is 0.549. The van der Waals surface area contributed by atoms with E-state index in [-0.39, 0.29) is 0 Å². The second-order valence-electron chi connectivity index (χ2n) is 6.24. The number of aromatic nitrogens is 3. The third-order valence-corrected chi connectivity index (χ3v) is 5.11. The van der Waals surface area contributed by atoms with Crippen molar-refractivity contribution in [3.63, 3.8) is 0 Å². The van der Waals surface area contributed by atoms with Gasteiger partial charge in [0.15, 0.2) is 0 Å². The van der Waals surface area contributed by atoms with Crippen molar-refractivity contribution in [2.75, 3.05) is 5.73 Å². The van der Waals surface area contributed by atoms with Crippen molar-refractivity contribution in [2.24, 2.45) is 5.41 Å². The SMILES string of the molecule is CC1(C)CCC(n2cc(I)c3c(N)ncnc32)CC1. The monoisotopic (exact) mass is 370 g/mol. The zero-order chi connectivity index (χ0) is 13.6. The van der Waals surface area contributed by atoms with Crippen LogP contribution < -0.4 is 5.73 Å². The minimum absolute atomic E-state index is 0.487. The molecule has 19 heavy (non-hydrogen) atoms. The molecule has 0 amide bonds. The normalized spacial score (nSPS) is 19.9. The van der Waals surface area contributed by atoms with Crippen molar-refractivity contribution >= 4 is 39.4 Å². The number of nitrogens with two attached hydrogens (primary N) is 1. The van der Waals surface area contributed by atoms with Gasteiger partial charge in [-0.1, -0.05) is 13.8 Å². The highest BCUT2D eigenvalue weighted by molar-refractivity contribution is 14.1. The van der Waals surface area contributed by atoms with E-state index in [0.717, 1.165) is 14.6 Å². The second-order valence-corrected chi connectivity index (χ2v) is 7.40.